The number of ketones is 1. The zero-order valence-electron chi connectivity index (χ0n) is 19.3. The molecule has 2 aliphatic rings. The molecule has 2 aromatic carbocycles. The highest BCUT2D eigenvalue weighted by Crippen LogP contribution is 2.45. The van der Waals surface area contributed by atoms with Crippen LogP contribution in [0.25, 0.3) is 0 Å². The summed E-state index contributed by atoms with van der Waals surface area (Å²) in [6.07, 6.45) is 1.33. The van der Waals surface area contributed by atoms with Crippen molar-refractivity contribution in [1.29, 1.82) is 0 Å². The van der Waals surface area contributed by atoms with Gasteiger partial charge in [0.2, 0.25) is 11.1 Å². The molecule has 1 aliphatic carbocycles. The monoisotopic (exact) mass is 478 g/mol. The first kappa shape index (κ1) is 22.2. The van der Waals surface area contributed by atoms with Crippen LogP contribution in [0.1, 0.15) is 55.0 Å². The van der Waals surface area contributed by atoms with Gasteiger partial charge in [-0.05, 0) is 54.5 Å². The lowest BCUT2D eigenvalue weighted by Crippen LogP contribution is -2.36. The Hall–Kier alpha value is -2.57. The topological polar surface area (TPSA) is 59.8 Å². The molecule has 0 spiro atoms. The molecule has 0 fully saturated rings. The first-order valence-electron chi connectivity index (χ1n) is 11.1. The number of anilines is 1. The van der Waals surface area contributed by atoms with Gasteiger partial charge in [0, 0.05) is 28.5 Å². The third-order valence-electron chi connectivity index (χ3n) is 6.36. The van der Waals surface area contributed by atoms with Crippen molar-refractivity contribution in [3.63, 3.8) is 0 Å². The van der Waals surface area contributed by atoms with E-state index in [4.69, 9.17) is 21.7 Å². The number of carbonyl (C=O) groups is 1. The Morgan fingerprint density at radius 2 is 1.91 bits per heavy atom. The summed E-state index contributed by atoms with van der Waals surface area (Å²) in [7, 11) is 0. The SMILES string of the molecule is Cc1ccc(C)c(CSc2nc3n(n2)[C@@H](c2ccc(Cl)cc2)C2=C(CC(C)(C)CC2=O)N3)c1. The number of allylic oxidation sites excluding steroid dienone is 2. The Morgan fingerprint density at radius 1 is 1.15 bits per heavy atom. The van der Waals surface area contributed by atoms with Crippen LogP contribution in [0.2, 0.25) is 5.02 Å². The van der Waals surface area contributed by atoms with Crippen molar-refractivity contribution in [1.82, 2.24) is 14.8 Å². The number of aromatic nitrogens is 3. The van der Waals surface area contributed by atoms with Crippen LogP contribution in [-0.2, 0) is 10.5 Å². The number of fused-ring (bicyclic) bond motifs is 1. The molecule has 0 unspecified atom stereocenters. The number of nitrogens with one attached hydrogen (secondary N) is 1. The molecule has 3 aromatic rings. The van der Waals surface area contributed by atoms with Crippen molar-refractivity contribution in [2.75, 3.05) is 5.32 Å². The molecule has 2 heterocycles. The summed E-state index contributed by atoms with van der Waals surface area (Å²) in [6.45, 7) is 8.51. The first-order chi connectivity index (χ1) is 15.7. The highest BCUT2D eigenvalue weighted by Gasteiger charge is 2.41. The Morgan fingerprint density at radius 3 is 2.67 bits per heavy atom. The Balaban J connectivity index is 1.52. The van der Waals surface area contributed by atoms with Gasteiger partial charge in [-0.2, -0.15) is 4.98 Å². The quantitative estimate of drug-likeness (QED) is 0.434. The van der Waals surface area contributed by atoms with E-state index in [9.17, 15) is 4.79 Å². The van der Waals surface area contributed by atoms with Gasteiger partial charge in [0.25, 0.3) is 0 Å². The molecule has 33 heavy (non-hydrogen) atoms. The fourth-order valence-electron chi connectivity index (χ4n) is 4.70. The van der Waals surface area contributed by atoms with E-state index in [0.29, 0.717) is 22.5 Å². The molecule has 5 rings (SSSR count). The average molecular weight is 479 g/mol. The number of halogens is 1. The van der Waals surface area contributed by atoms with Gasteiger partial charge >= 0.3 is 0 Å². The zero-order chi connectivity index (χ0) is 23.3. The second-order valence-corrected chi connectivity index (χ2v) is 11.2. The van der Waals surface area contributed by atoms with Crippen LogP contribution < -0.4 is 5.32 Å². The van der Waals surface area contributed by atoms with Gasteiger partial charge in [-0.3, -0.25) is 4.79 Å². The molecule has 5 nitrogen and oxygen atoms in total. The Labute approximate surface area is 203 Å². The average Bonchev–Trinajstić information content (AvgIpc) is 3.15. The maximum atomic E-state index is 13.3. The zero-order valence-corrected chi connectivity index (χ0v) is 20.8. The largest absolute Gasteiger partial charge is 0.328 e. The fraction of sp³-hybridized carbons (Fsp3) is 0.346. The number of carbonyl (C=O) groups excluding carboxylic acids is 1. The Bertz CT molecular complexity index is 1280. The van der Waals surface area contributed by atoms with Gasteiger partial charge in [0.05, 0.1) is 0 Å². The van der Waals surface area contributed by atoms with E-state index in [0.717, 1.165) is 29.0 Å². The van der Waals surface area contributed by atoms with Crippen LogP contribution in [0, 0.1) is 19.3 Å². The number of benzene rings is 2. The number of aryl methyl sites for hydroxylation is 2. The second kappa shape index (κ2) is 8.33. The maximum absolute atomic E-state index is 13.3. The van der Waals surface area contributed by atoms with Crippen LogP contribution >= 0.6 is 23.4 Å². The highest BCUT2D eigenvalue weighted by atomic mass is 35.5. The molecule has 0 bridgehead atoms. The molecule has 0 radical (unpaired) electrons. The minimum Gasteiger partial charge on any atom is -0.328 e. The summed E-state index contributed by atoms with van der Waals surface area (Å²) in [5.74, 6) is 1.64. The number of hydrogen-bond donors (Lipinski definition) is 1. The third kappa shape index (κ3) is 4.34. The summed E-state index contributed by atoms with van der Waals surface area (Å²) in [6, 6.07) is 13.9. The first-order valence-corrected chi connectivity index (χ1v) is 12.5. The van der Waals surface area contributed by atoms with E-state index in [2.05, 4.69) is 51.2 Å². The van der Waals surface area contributed by atoms with Crippen LogP contribution in [0.3, 0.4) is 0 Å². The van der Waals surface area contributed by atoms with Gasteiger partial charge in [0.1, 0.15) is 6.04 Å². The van der Waals surface area contributed by atoms with Crippen molar-refractivity contribution in [3.05, 3.63) is 81.0 Å². The van der Waals surface area contributed by atoms with E-state index in [1.807, 2.05) is 28.9 Å². The molecular weight excluding hydrogens is 452 g/mol. The van der Waals surface area contributed by atoms with E-state index >= 15 is 0 Å². The molecule has 1 atom stereocenters. The number of rotatable bonds is 4. The predicted molar refractivity (Wildman–Crippen MR) is 134 cm³/mol. The molecule has 170 valence electrons. The standard InChI is InChI=1S/C26H27ClN4OS/c1-15-5-6-16(2)18(11-15)14-33-25-29-24-28-20-12-26(3,4)13-21(32)22(20)23(31(24)30-25)17-7-9-19(27)10-8-17/h5-11,23H,12-14H2,1-4H3,(H,28,29,30)/t23-/m0/s1. The lowest BCUT2D eigenvalue weighted by atomic mass is 9.73. The molecule has 0 amide bonds. The van der Waals surface area contributed by atoms with Crippen molar-refractivity contribution in [2.45, 2.75) is 57.5 Å². The Kier molecular flexibility index (Phi) is 5.61. The number of hydrogen-bond acceptors (Lipinski definition) is 5. The predicted octanol–water partition coefficient (Wildman–Crippen LogP) is 6.50. The summed E-state index contributed by atoms with van der Waals surface area (Å²) in [5.41, 5.74) is 6.44. The second-order valence-electron chi connectivity index (χ2n) is 9.79. The van der Waals surface area contributed by atoms with Crippen LogP contribution in [0.5, 0.6) is 0 Å². The van der Waals surface area contributed by atoms with E-state index in [1.54, 1.807) is 11.8 Å². The molecule has 7 heteroatoms. The van der Waals surface area contributed by atoms with Crippen molar-refractivity contribution < 1.29 is 4.79 Å². The smallest absolute Gasteiger partial charge is 0.227 e. The fourth-order valence-corrected chi connectivity index (χ4v) is 5.72. The molecular formula is C26H27ClN4OS. The van der Waals surface area contributed by atoms with Gasteiger partial charge in [0.15, 0.2) is 5.78 Å². The van der Waals surface area contributed by atoms with Gasteiger partial charge in [-0.25, -0.2) is 4.68 Å². The van der Waals surface area contributed by atoms with Crippen LogP contribution in [0.4, 0.5) is 5.95 Å². The summed E-state index contributed by atoms with van der Waals surface area (Å²) in [4.78, 5) is 18.1. The minimum atomic E-state index is -0.306. The van der Waals surface area contributed by atoms with Gasteiger partial charge in [-0.15, -0.1) is 5.10 Å². The van der Waals surface area contributed by atoms with Gasteiger partial charge in [-0.1, -0.05) is 73.1 Å². The normalized spacial score (nSPS) is 19.2. The summed E-state index contributed by atoms with van der Waals surface area (Å²) < 4.78 is 1.86. The summed E-state index contributed by atoms with van der Waals surface area (Å²) in [5, 5.41) is 9.66. The number of thioether (sulfide) groups is 1. The van der Waals surface area contributed by atoms with Crippen molar-refractivity contribution in [2.24, 2.45) is 5.41 Å². The minimum absolute atomic E-state index is 0.0874. The highest BCUT2D eigenvalue weighted by molar-refractivity contribution is 7.98. The number of nitrogens with zero attached hydrogens (tertiary/aromatic N) is 3. The van der Waals surface area contributed by atoms with E-state index in [-0.39, 0.29) is 17.2 Å². The summed E-state index contributed by atoms with van der Waals surface area (Å²) >= 11 is 7.77. The van der Waals surface area contributed by atoms with Crippen molar-refractivity contribution >= 4 is 35.1 Å². The van der Waals surface area contributed by atoms with E-state index in [1.165, 1.54) is 16.7 Å². The maximum Gasteiger partial charge on any atom is 0.227 e. The van der Waals surface area contributed by atoms with Gasteiger partial charge < -0.3 is 5.32 Å². The lowest BCUT2D eigenvalue weighted by molar-refractivity contribution is -0.118. The molecule has 0 saturated carbocycles. The molecule has 1 aromatic heterocycles. The number of Topliss-reactive ketones (excluding diaryl/α,β-unsaturated/α-hetero) is 1. The molecule has 1 aliphatic heterocycles. The lowest BCUT2D eigenvalue weighted by Gasteiger charge is -2.38. The van der Waals surface area contributed by atoms with E-state index < -0.39 is 0 Å². The van der Waals surface area contributed by atoms with Crippen LogP contribution in [0.15, 0.2) is 58.9 Å². The van der Waals surface area contributed by atoms with Crippen LogP contribution in [-0.4, -0.2) is 20.5 Å². The molecule has 0 saturated heterocycles. The third-order valence-corrected chi connectivity index (χ3v) is 7.50. The van der Waals surface area contributed by atoms with Crippen molar-refractivity contribution in [3.8, 4) is 0 Å². The molecule has 1 N–H and O–H groups in total.